The van der Waals surface area contributed by atoms with Crippen molar-refractivity contribution in [3.8, 4) is 11.3 Å². The third-order valence-electron chi connectivity index (χ3n) is 3.22. The number of rotatable bonds is 2. The standard InChI is InChI=1S/C14H15N3/c1-10-2-4-11(5-3-10)13-14(12-8-15-9-12)17-7-6-16-13/h2-7,12,15H,8-9H2,1H3. The lowest BCUT2D eigenvalue weighted by atomic mass is 9.94. The lowest BCUT2D eigenvalue weighted by Gasteiger charge is -2.27. The molecule has 1 aromatic carbocycles. The minimum atomic E-state index is 0.514. The number of nitrogens with zero attached hydrogens (tertiary/aromatic N) is 2. The van der Waals surface area contributed by atoms with Crippen molar-refractivity contribution in [2.24, 2.45) is 0 Å². The van der Waals surface area contributed by atoms with Crippen LogP contribution in [0.5, 0.6) is 0 Å². The van der Waals surface area contributed by atoms with E-state index in [-0.39, 0.29) is 0 Å². The van der Waals surface area contributed by atoms with Gasteiger partial charge in [-0.05, 0) is 6.92 Å². The van der Waals surface area contributed by atoms with Gasteiger partial charge in [-0.15, -0.1) is 0 Å². The van der Waals surface area contributed by atoms with Crippen LogP contribution in [0.15, 0.2) is 36.7 Å². The van der Waals surface area contributed by atoms with Crippen molar-refractivity contribution < 1.29 is 0 Å². The molecule has 0 unspecified atom stereocenters. The molecule has 1 aliphatic rings. The summed E-state index contributed by atoms with van der Waals surface area (Å²) in [5.41, 5.74) is 4.57. The van der Waals surface area contributed by atoms with Gasteiger partial charge in [-0.1, -0.05) is 29.8 Å². The Kier molecular flexibility index (Phi) is 2.61. The van der Waals surface area contributed by atoms with Gasteiger partial charge >= 0.3 is 0 Å². The number of nitrogens with one attached hydrogen (secondary N) is 1. The van der Waals surface area contributed by atoms with E-state index < -0.39 is 0 Å². The molecule has 0 bridgehead atoms. The molecule has 3 nitrogen and oxygen atoms in total. The molecule has 3 rings (SSSR count). The molecule has 1 saturated heterocycles. The predicted octanol–water partition coefficient (Wildman–Crippen LogP) is 2.14. The molecule has 0 aliphatic carbocycles. The number of aryl methyl sites for hydroxylation is 1. The zero-order valence-corrected chi connectivity index (χ0v) is 9.85. The number of hydrogen-bond donors (Lipinski definition) is 1. The Bertz CT molecular complexity index is 515. The number of aromatic nitrogens is 2. The van der Waals surface area contributed by atoms with Crippen LogP contribution < -0.4 is 5.32 Å². The molecule has 1 N–H and O–H groups in total. The van der Waals surface area contributed by atoms with Gasteiger partial charge in [0.05, 0.1) is 11.4 Å². The van der Waals surface area contributed by atoms with Gasteiger partial charge in [0.1, 0.15) is 0 Å². The second-order valence-corrected chi connectivity index (χ2v) is 4.51. The highest BCUT2D eigenvalue weighted by Gasteiger charge is 2.24. The highest BCUT2D eigenvalue weighted by atomic mass is 15.0. The summed E-state index contributed by atoms with van der Waals surface area (Å²) < 4.78 is 0. The monoisotopic (exact) mass is 225 g/mol. The van der Waals surface area contributed by atoms with Crippen LogP contribution in [0.1, 0.15) is 17.2 Å². The van der Waals surface area contributed by atoms with Crippen LogP contribution in [0.2, 0.25) is 0 Å². The van der Waals surface area contributed by atoms with Crippen molar-refractivity contribution in [2.45, 2.75) is 12.8 Å². The fraction of sp³-hybridized carbons (Fsp3) is 0.286. The van der Waals surface area contributed by atoms with E-state index in [9.17, 15) is 0 Å². The van der Waals surface area contributed by atoms with Crippen LogP contribution in [0.3, 0.4) is 0 Å². The molecule has 0 radical (unpaired) electrons. The minimum absolute atomic E-state index is 0.514. The summed E-state index contributed by atoms with van der Waals surface area (Å²) in [5, 5.41) is 3.28. The Morgan fingerprint density at radius 3 is 2.41 bits per heavy atom. The maximum Gasteiger partial charge on any atom is 0.0921 e. The first-order valence-electron chi connectivity index (χ1n) is 5.93. The lowest BCUT2D eigenvalue weighted by molar-refractivity contribution is 0.439. The Labute approximate surface area is 101 Å². The fourth-order valence-corrected chi connectivity index (χ4v) is 2.06. The molecule has 86 valence electrons. The van der Waals surface area contributed by atoms with Gasteiger partial charge < -0.3 is 5.32 Å². The van der Waals surface area contributed by atoms with E-state index in [1.54, 1.807) is 12.4 Å². The summed E-state index contributed by atoms with van der Waals surface area (Å²) in [4.78, 5) is 8.99. The van der Waals surface area contributed by atoms with Crippen molar-refractivity contribution in [3.05, 3.63) is 47.9 Å². The number of benzene rings is 1. The van der Waals surface area contributed by atoms with Crippen molar-refractivity contribution in [1.29, 1.82) is 0 Å². The molecule has 0 spiro atoms. The Morgan fingerprint density at radius 2 is 1.76 bits per heavy atom. The predicted molar refractivity (Wildman–Crippen MR) is 67.8 cm³/mol. The maximum absolute atomic E-state index is 4.50. The molecule has 2 heterocycles. The van der Waals surface area contributed by atoms with Gasteiger partial charge in [0, 0.05) is 37.0 Å². The summed E-state index contributed by atoms with van der Waals surface area (Å²) in [5.74, 6) is 0.514. The first-order chi connectivity index (χ1) is 8.34. The Hall–Kier alpha value is -1.74. The SMILES string of the molecule is Cc1ccc(-c2nccnc2C2CNC2)cc1. The molecule has 1 fully saturated rings. The van der Waals surface area contributed by atoms with E-state index in [1.807, 2.05) is 0 Å². The largest absolute Gasteiger partial charge is 0.315 e. The van der Waals surface area contributed by atoms with Gasteiger partial charge in [-0.3, -0.25) is 9.97 Å². The molecule has 0 atom stereocenters. The van der Waals surface area contributed by atoms with Gasteiger partial charge in [-0.2, -0.15) is 0 Å². The topological polar surface area (TPSA) is 37.8 Å². The average molecular weight is 225 g/mol. The van der Waals surface area contributed by atoms with Crippen LogP contribution in [-0.4, -0.2) is 23.1 Å². The second-order valence-electron chi connectivity index (χ2n) is 4.51. The van der Waals surface area contributed by atoms with E-state index in [4.69, 9.17) is 0 Å². The molecule has 0 amide bonds. The summed E-state index contributed by atoms with van der Waals surface area (Å²) in [6.45, 7) is 4.12. The second kappa shape index (κ2) is 4.26. The van der Waals surface area contributed by atoms with Crippen molar-refractivity contribution in [3.63, 3.8) is 0 Å². The van der Waals surface area contributed by atoms with E-state index in [2.05, 4.69) is 46.5 Å². The van der Waals surface area contributed by atoms with Crippen molar-refractivity contribution in [2.75, 3.05) is 13.1 Å². The molecule has 3 heteroatoms. The number of hydrogen-bond acceptors (Lipinski definition) is 3. The van der Waals surface area contributed by atoms with Crippen LogP contribution in [0, 0.1) is 6.92 Å². The first kappa shape index (κ1) is 10.4. The molecule has 1 aromatic heterocycles. The van der Waals surface area contributed by atoms with Crippen LogP contribution in [-0.2, 0) is 0 Å². The van der Waals surface area contributed by atoms with Gasteiger partial charge in [-0.25, -0.2) is 0 Å². The Morgan fingerprint density at radius 1 is 1.06 bits per heavy atom. The van der Waals surface area contributed by atoms with Gasteiger partial charge in [0.15, 0.2) is 0 Å². The van der Waals surface area contributed by atoms with E-state index in [1.165, 1.54) is 5.56 Å². The van der Waals surface area contributed by atoms with Gasteiger partial charge in [0.25, 0.3) is 0 Å². The fourth-order valence-electron chi connectivity index (χ4n) is 2.06. The van der Waals surface area contributed by atoms with E-state index >= 15 is 0 Å². The van der Waals surface area contributed by atoms with Crippen LogP contribution in [0.4, 0.5) is 0 Å². The smallest absolute Gasteiger partial charge is 0.0921 e. The Balaban J connectivity index is 2.04. The van der Waals surface area contributed by atoms with Crippen LogP contribution >= 0.6 is 0 Å². The molecule has 0 saturated carbocycles. The van der Waals surface area contributed by atoms with Crippen molar-refractivity contribution >= 4 is 0 Å². The zero-order valence-electron chi connectivity index (χ0n) is 9.85. The highest BCUT2D eigenvalue weighted by molar-refractivity contribution is 5.62. The van der Waals surface area contributed by atoms with E-state index in [0.717, 1.165) is 30.0 Å². The summed E-state index contributed by atoms with van der Waals surface area (Å²) in [6, 6.07) is 8.48. The summed E-state index contributed by atoms with van der Waals surface area (Å²) >= 11 is 0. The summed E-state index contributed by atoms with van der Waals surface area (Å²) in [7, 11) is 0. The third kappa shape index (κ3) is 1.94. The zero-order chi connectivity index (χ0) is 11.7. The highest BCUT2D eigenvalue weighted by Crippen LogP contribution is 2.27. The van der Waals surface area contributed by atoms with Crippen LogP contribution in [0.25, 0.3) is 11.3 Å². The third-order valence-corrected chi connectivity index (χ3v) is 3.22. The normalized spacial score (nSPS) is 15.6. The maximum atomic E-state index is 4.50. The van der Waals surface area contributed by atoms with Gasteiger partial charge in [0.2, 0.25) is 0 Å². The molecule has 1 aliphatic heterocycles. The minimum Gasteiger partial charge on any atom is -0.315 e. The molecular weight excluding hydrogens is 210 g/mol. The summed E-state index contributed by atoms with van der Waals surface area (Å²) in [6.07, 6.45) is 3.55. The van der Waals surface area contributed by atoms with E-state index in [0.29, 0.717) is 5.92 Å². The van der Waals surface area contributed by atoms with Crippen molar-refractivity contribution in [1.82, 2.24) is 15.3 Å². The molecular formula is C14H15N3. The lowest BCUT2D eigenvalue weighted by Crippen LogP contribution is -2.40. The average Bonchev–Trinajstić information content (AvgIpc) is 2.29. The quantitative estimate of drug-likeness (QED) is 0.851. The molecule has 2 aromatic rings. The molecule has 17 heavy (non-hydrogen) atoms. The first-order valence-corrected chi connectivity index (χ1v) is 5.93.